The van der Waals surface area contributed by atoms with Crippen LogP contribution < -0.4 is 10.5 Å². The van der Waals surface area contributed by atoms with Crippen LogP contribution in [0.5, 0.6) is 0 Å². The average molecular weight is 414 g/mol. The Kier molecular flexibility index (Phi) is 6.40. The summed E-state index contributed by atoms with van der Waals surface area (Å²) in [7, 11) is -3.69. The normalized spacial score (nSPS) is 11.4. The number of nitrogens with two attached hydrogens (primary N) is 1. The number of nitrogens with one attached hydrogen (secondary N) is 1. The van der Waals surface area contributed by atoms with E-state index in [1.165, 1.54) is 12.1 Å². The number of sulfonamides is 1. The molecule has 0 unspecified atom stereocenters. The molecular formula is C20H22N4O4S. The van der Waals surface area contributed by atoms with Crippen LogP contribution in [-0.4, -0.2) is 31.1 Å². The predicted molar refractivity (Wildman–Crippen MR) is 107 cm³/mol. The van der Waals surface area contributed by atoms with Gasteiger partial charge in [-0.3, -0.25) is 4.79 Å². The van der Waals surface area contributed by atoms with Crippen molar-refractivity contribution in [3.05, 3.63) is 65.5 Å². The number of aromatic nitrogens is 2. The number of carbonyl (C=O) groups excluding carboxylic acids is 1. The molecule has 3 aromatic rings. The molecule has 29 heavy (non-hydrogen) atoms. The van der Waals surface area contributed by atoms with Gasteiger partial charge < -0.3 is 9.73 Å². The molecule has 0 aliphatic carbocycles. The molecule has 0 aliphatic rings. The Hall–Kier alpha value is -3.04. The molecule has 0 bridgehead atoms. The minimum Gasteiger partial charge on any atom is -0.421 e. The number of aryl methyl sites for hydroxylation is 2. The summed E-state index contributed by atoms with van der Waals surface area (Å²) in [5.74, 6) is 0.721. The number of hydrogen-bond acceptors (Lipinski definition) is 6. The molecule has 0 fully saturated rings. The first kappa shape index (κ1) is 20.7. The first-order valence-electron chi connectivity index (χ1n) is 9.09. The van der Waals surface area contributed by atoms with Crippen LogP contribution in [0.4, 0.5) is 0 Å². The van der Waals surface area contributed by atoms with E-state index in [2.05, 4.69) is 15.5 Å². The van der Waals surface area contributed by atoms with Crippen LogP contribution in [0.25, 0.3) is 11.5 Å². The van der Waals surface area contributed by atoms with Crippen molar-refractivity contribution in [1.29, 1.82) is 0 Å². The first-order valence-corrected chi connectivity index (χ1v) is 10.6. The topological polar surface area (TPSA) is 128 Å². The lowest BCUT2D eigenvalue weighted by Crippen LogP contribution is -2.25. The molecule has 0 radical (unpaired) electrons. The van der Waals surface area contributed by atoms with Crippen molar-refractivity contribution in [3.63, 3.8) is 0 Å². The van der Waals surface area contributed by atoms with Gasteiger partial charge in [0.25, 0.3) is 0 Å². The van der Waals surface area contributed by atoms with Crippen LogP contribution in [0.1, 0.15) is 23.4 Å². The fourth-order valence-electron chi connectivity index (χ4n) is 2.67. The number of hydrogen-bond donors (Lipinski definition) is 2. The third-order valence-electron chi connectivity index (χ3n) is 4.32. The zero-order valence-electron chi connectivity index (χ0n) is 16.0. The molecule has 3 N–H and O–H groups in total. The van der Waals surface area contributed by atoms with Crippen molar-refractivity contribution in [1.82, 2.24) is 15.5 Å². The lowest BCUT2D eigenvalue weighted by atomic mass is 10.1. The molecule has 9 heteroatoms. The van der Waals surface area contributed by atoms with E-state index in [0.717, 1.165) is 16.7 Å². The maximum atomic E-state index is 12.0. The zero-order chi connectivity index (χ0) is 20.9. The Morgan fingerprint density at radius 2 is 1.72 bits per heavy atom. The van der Waals surface area contributed by atoms with Crippen molar-refractivity contribution >= 4 is 15.9 Å². The van der Waals surface area contributed by atoms with Crippen LogP contribution in [0.15, 0.2) is 57.8 Å². The van der Waals surface area contributed by atoms with Crippen LogP contribution in [-0.2, 0) is 27.7 Å². The minimum atomic E-state index is -3.69. The highest BCUT2D eigenvalue weighted by Gasteiger charge is 2.11. The molecular weight excluding hydrogens is 392 g/mol. The highest BCUT2D eigenvalue weighted by Crippen LogP contribution is 2.18. The number of rotatable bonds is 8. The van der Waals surface area contributed by atoms with Crippen LogP contribution in [0, 0.1) is 6.92 Å². The molecule has 152 valence electrons. The van der Waals surface area contributed by atoms with Gasteiger partial charge in [-0.15, -0.1) is 10.2 Å². The van der Waals surface area contributed by atoms with Gasteiger partial charge >= 0.3 is 0 Å². The Morgan fingerprint density at radius 3 is 2.38 bits per heavy atom. The molecule has 0 spiro atoms. The maximum absolute atomic E-state index is 12.0. The summed E-state index contributed by atoms with van der Waals surface area (Å²) in [6, 6.07) is 14.0. The summed E-state index contributed by atoms with van der Waals surface area (Å²) in [6.45, 7) is 2.44. The lowest BCUT2D eigenvalue weighted by molar-refractivity contribution is -0.121. The van der Waals surface area contributed by atoms with Crippen molar-refractivity contribution < 1.29 is 17.6 Å². The Morgan fingerprint density at radius 1 is 1.03 bits per heavy atom. The predicted octanol–water partition coefficient (Wildman–Crippen LogP) is 1.98. The van der Waals surface area contributed by atoms with E-state index in [9.17, 15) is 13.2 Å². The van der Waals surface area contributed by atoms with E-state index in [0.29, 0.717) is 31.2 Å². The summed E-state index contributed by atoms with van der Waals surface area (Å²) in [5.41, 5.74) is 2.88. The molecule has 0 saturated heterocycles. The lowest BCUT2D eigenvalue weighted by Gasteiger charge is -2.05. The second kappa shape index (κ2) is 8.97. The zero-order valence-corrected chi connectivity index (χ0v) is 16.8. The summed E-state index contributed by atoms with van der Waals surface area (Å²) in [6.07, 6.45) is 1.17. The molecule has 8 nitrogen and oxygen atoms in total. The summed E-state index contributed by atoms with van der Waals surface area (Å²) in [4.78, 5) is 12.1. The molecule has 1 amide bonds. The molecule has 1 aromatic heterocycles. The fraction of sp³-hybridized carbons (Fsp3) is 0.250. The molecule has 0 atom stereocenters. The minimum absolute atomic E-state index is 0.0647. The maximum Gasteiger partial charge on any atom is 0.247 e. The average Bonchev–Trinajstić information content (AvgIpc) is 3.16. The van der Waals surface area contributed by atoms with Gasteiger partial charge in [0, 0.05) is 24.9 Å². The van der Waals surface area contributed by atoms with Gasteiger partial charge in [0.2, 0.25) is 27.7 Å². The van der Waals surface area contributed by atoms with Crippen LogP contribution >= 0.6 is 0 Å². The Bertz CT molecular complexity index is 1070. The van der Waals surface area contributed by atoms with E-state index in [4.69, 9.17) is 9.56 Å². The standard InChI is InChI=1S/C20H22N4O4S/c1-14-2-6-16(7-3-14)20-24-23-19(28-20)11-10-18(25)22-13-12-15-4-8-17(9-5-15)29(21,26)27/h2-9H,10-13H2,1H3,(H,22,25)(H2,21,26,27). The number of primary sulfonamides is 1. The smallest absolute Gasteiger partial charge is 0.247 e. The highest BCUT2D eigenvalue weighted by molar-refractivity contribution is 7.89. The molecule has 3 rings (SSSR count). The molecule has 0 saturated carbocycles. The Balaban J connectivity index is 1.43. The number of amides is 1. The first-order chi connectivity index (χ1) is 13.8. The molecule has 1 heterocycles. The van der Waals surface area contributed by atoms with Crippen molar-refractivity contribution in [2.45, 2.75) is 31.1 Å². The van der Waals surface area contributed by atoms with E-state index in [1.54, 1.807) is 12.1 Å². The quantitative estimate of drug-likeness (QED) is 0.580. The SMILES string of the molecule is Cc1ccc(-c2nnc(CCC(=O)NCCc3ccc(S(N)(=O)=O)cc3)o2)cc1. The van der Waals surface area contributed by atoms with Crippen LogP contribution in [0.3, 0.4) is 0 Å². The number of carbonyl (C=O) groups is 1. The van der Waals surface area contributed by atoms with Crippen molar-refractivity contribution in [2.24, 2.45) is 5.14 Å². The fourth-order valence-corrected chi connectivity index (χ4v) is 3.18. The largest absolute Gasteiger partial charge is 0.421 e. The van der Waals surface area contributed by atoms with Gasteiger partial charge in [0.05, 0.1) is 4.90 Å². The summed E-state index contributed by atoms with van der Waals surface area (Å²) in [5, 5.41) is 15.9. The van der Waals surface area contributed by atoms with Gasteiger partial charge in [0.15, 0.2) is 0 Å². The summed E-state index contributed by atoms with van der Waals surface area (Å²) >= 11 is 0. The second-order valence-corrected chi connectivity index (χ2v) is 8.22. The van der Waals surface area contributed by atoms with Gasteiger partial charge in [0.1, 0.15) is 0 Å². The van der Waals surface area contributed by atoms with Gasteiger partial charge in [-0.25, -0.2) is 13.6 Å². The third-order valence-corrected chi connectivity index (χ3v) is 5.25. The number of nitrogens with zero attached hydrogens (tertiary/aromatic N) is 2. The Labute approximate surface area is 169 Å². The number of benzene rings is 2. The second-order valence-electron chi connectivity index (χ2n) is 6.66. The monoisotopic (exact) mass is 414 g/mol. The van der Waals surface area contributed by atoms with Crippen molar-refractivity contribution in [3.8, 4) is 11.5 Å². The molecule has 2 aromatic carbocycles. The van der Waals surface area contributed by atoms with Gasteiger partial charge in [-0.1, -0.05) is 29.8 Å². The van der Waals surface area contributed by atoms with E-state index < -0.39 is 10.0 Å². The van der Waals surface area contributed by atoms with Crippen molar-refractivity contribution in [2.75, 3.05) is 6.54 Å². The third kappa shape index (κ3) is 5.97. The van der Waals surface area contributed by atoms with Crippen LogP contribution in [0.2, 0.25) is 0 Å². The van der Waals surface area contributed by atoms with E-state index in [1.807, 2.05) is 31.2 Å². The van der Waals surface area contributed by atoms with E-state index >= 15 is 0 Å². The summed E-state index contributed by atoms with van der Waals surface area (Å²) < 4.78 is 28.1. The van der Waals surface area contributed by atoms with Gasteiger partial charge in [-0.05, 0) is 43.2 Å². The van der Waals surface area contributed by atoms with Gasteiger partial charge in [-0.2, -0.15) is 0 Å². The molecule has 0 aliphatic heterocycles. The highest BCUT2D eigenvalue weighted by atomic mass is 32.2. The van der Waals surface area contributed by atoms with E-state index in [-0.39, 0.29) is 17.2 Å².